The van der Waals surface area contributed by atoms with Crippen molar-refractivity contribution in [2.24, 2.45) is 0 Å². The van der Waals surface area contributed by atoms with Gasteiger partial charge in [0.2, 0.25) is 0 Å². The molecule has 76 valence electrons. The van der Waals surface area contributed by atoms with Crippen LogP contribution in [0.15, 0.2) is 4.47 Å². The van der Waals surface area contributed by atoms with Gasteiger partial charge in [-0.2, -0.15) is 0 Å². The van der Waals surface area contributed by atoms with Crippen LogP contribution in [0.3, 0.4) is 0 Å². The van der Waals surface area contributed by atoms with Crippen LogP contribution in [-0.4, -0.2) is 23.2 Å². The molecule has 1 aromatic rings. The molecule has 0 saturated heterocycles. The summed E-state index contributed by atoms with van der Waals surface area (Å²) in [5.74, 6) is -1.08. The number of pyridine rings is 1. The molecule has 1 aromatic heterocycles. The molecule has 0 aliphatic rings. The van der Waals surface area contributed by atoms with Crippen LogP contribution in [0.2, 0.25) is 0 Å². The molecule has 0 fully saturated rings. The van der Waals surface area contributed by atoms with Crippen molar-refractivity contribution in [3.05, 3.63) is 15.9 Å². The number of methoxy groups -OCH3 is 1. The van der Waals surface area contributed by atoms with E-state index in [1.54, 1.807) is 6.92 Å². The fraction of sp³-hybridized carbons (Fsp3) is 0.250. The van der Waals surface area contributed by atoms with Crippen LogP contribution < -0.4 is 10.5 Å². The first kappa shape index (κ1) is 10.8. The molecule has 0 bridgehead atoms. The molecule has 0 radical (unpaired) electrons. The van der Waals surface area contributed by atoms with E-state index >= 15 is 0 Å². The van der Waals surface area contributed by atoms with Crippen LogP contribution in [-0.2, 0) is 0 Å². The number of hydrogen-bond donors (Lipinski definition) is 2. The molecule has 0 atom stereocenters. The highest BCUT2D eigenvalue weighted by Gasteiger charge is 2.19. The highest BCUT2D eigenvalue weighted by molar-refractivity contribution is 9.10. The first-order valence-electron chi connectivity index (χ1n) is 3.71. The van der Waals surface area contributed by atoms with Gasteiger partial charge in [0.25, 0.3) is 0 Å². The molecule has 3 N–H and O–H groups in total. The second kappa shape index (κ2) is 3.83. The zero-order chi connectivity index (χ0) is 10.9. The van der Waals surface area contributed by atoms with Crippen LogP contribution in [0.4, 0.5) is 5.69 Å². The Bertz CT molecular complexity index is 393. The minimum absolute atomic E-state index is 0.0787. The van der Waals surface area contributed by atoms with Gasteiger partial charge < -0.3 is 15.6 Å². The topological polar surface area (TPSA) is 85.4 Å². The number of aromatic carboxylic acids is 1. The standard InChI is InChI=1S/C8H9BrN2O3/c1-3-4(9)5(10)7(14-2)6(11-3)8(12)13/h1-2H3,(H2,10,11)(H,12,13). The predicted octanol–water partition coefficient (Wildman–Crippen LogP) is 1.44. The Hall–Kier alpha value is -1.30. The van der Waals surface area contributed by atoms with Crippen molar-refractivity contribution in [3.8, 4) is 5.75 Å². The second-order valence-electron chi connectivity index (χ2n) is 2.61. The predicted molar refractivity (Wildman–Crippen MR) is 54.6 cm³/mol. The summed E-state index contributed by atoms with van der Waals surface area (Å²) in [5, 5.41) is 8.82. The van der Waals surface area contributed by atoms with E-state index in [4.69, 9.17) is 15.6 Å². The van der Waals surface area contributed by atoms with E-state index in [1.807, 2.05) is 0 Å². The summed E-state index contributed by atoms with van der Waals surface area (Å²) in [4.78, 5) is 14.6. The van der Waals surface area contributed by atoms with Gasteiger partial charge in [-0.05, 0) is 22.9 Å². The molecular weight excluding hydrogens is 252 g/mol. The van der Waals surface area contributed by atoms with E-state index in [-0.39, 0.29) is 17.1 Å². The molecule has 1 heterocycles. The zero-order valence-electron chi connectivity index (χ0n) is 7.67. The van der Waals surface area contributed by atoms with Crippen molar-refractivity contribution in [3.63, 3.8) is 0 Å². The number of aryl methyl sites for hydroxylation is 1. The normalized spacial score (nSPS) is 9.93. The Morgan fingerprint density at radius 1 is 1.64 bits per heavy atom. The smallest absolute Gasteiger partial charge is 0.358 e. The highest BCUT2D eigenvalue weighted by atomic mass is 79.9. The van der Waals surface area contributed by atoms with Crippen molar-refractivity contribution >= 4 is 27.6 Å². The molecule has 0 aliphatic carbocycles. The highest BCUT2D eigenvalue weighted by Crippen LogP contribution is 2.33. The first-order valence-corrected chi connectivity index (χ1v) is 4.51. The SMILES string of the molecule is COc1c(C(=O)O)nc(C)c(Br)c1N. The van der Waals surface area contributed by atoms with E-state index in [1.165, 1.54) is 7.11 Å². The third-order valence-electron chi connectivity index (χ3n) is 1.70. The third-order valence-corrected chi connectivity index (χ3v) is 2.70. The van der Waals surface area contributed by atoms with Crippen molar-refractivity contribution in [2.75, 3.05) is 12.8 Å². The summed E-state index contributed by atoms with van der Waals surface area (Å²) >= 11 is 3.19. The Kier molecular flexibility index (Phi) is 2.95. The van der Waals surface area contributed by atoms with Gasteiger partial charge in [0.05, 0.1) is 23.0 Å². The number of aromatic nitrogens is 1. The Morgan fingerprint density at radius 3 is 2.64 bits per heavy atom. The lowest BCUT2D eigenvalue weighted by molar-refractivity contribution is 0.0686. The van der Waals surface area contributed by atoms with Crippen LogP contribution >= 0.6 is 15.9 Å². The average molecular weight is 261 g/mol. The number of nitrogens with zero attached hydrogens (tertiary/aromatic N) is 1. The Labute approximate surface area is 89.0 Å². The monoisotopic (exact) mass is 260 g/mol. The third kappa shape index (κ3) is 1.65. The summed E-state index contributed by atoms with van der Waals surface area (Å²) in [6.45, 7) is 1.66. The van der Waals surface area contributed by atoms with E-state index < -0.39 is 5.97 Å². The number of rotatable bonds is 2. The fourth-order valence-electron chi connectivity index (χ4n) is 1.04. The van der Waals surface area contributed by atoms with Gasteiger partial charge >= 0.3 is 5.97 Å². The van der Waals surface area contributed by atoms with Gasteiger partial charge in [0, 0.05) is 0 Å². The number of halogens is 1. The minimum Gasteiger partial charge on any atom is -0.492 e. The number of carboxylic acid groups (broad SMARTS) is 1. The number of nitrogen functional groups attached to an aromatic ring is 1. The van der Waals surface area contributed by atoms with Gasteiger partial charge in [0.15, 0.2) is 11.4 Å². The molecule has 5 nitrogen and oxygen atoms in total. The number of carbonyl (C=O) groups is 1. The molecule has 14 heavy (non-hydrogen) atoms. The molecule has 6 heteroatoms. The summed E-state index contributed by atoms with van der Waals surface area (Å²) in [6, 6.07) is 0. The lowest BCUT2D eigenvalue weighted by atomic mass is 10.2. The number of anilines is 1. The van der Waals surface area contributed by atoms with E-state index in [2.05, 4.69) is 20.9 Å². The second-order valence-corrected chi connectivity index (χ2v) is 3.40. The van der Waals surface area contributed by atoms with Gasteiger partial charge in [-0.3, -0.25) is 0 Å². The lowest BCUT2D eigenvalue weighted by Gasteiger charge is -2.10. The van der Waals surface area contributed by atoms with Gasteiger partial charge in [0.1, 0.15) is 0 Å². The molecule has 0 amide bonds. The summed E-state index contributed by atoms with van der Waals surface area (Å²) < 4.78 is 5.43. The summed E-state index contributed by atoms with van der Waals surface area (Å²) in [7, 11) is 1.35. The van der Waals surface area contributed by atoms with Crippen molar-refractivity contribution in [1.82, 2.24) is 4.98 Å². The molecule has 0 saturated carbocycles. The Morgan fingerprint density at radius 2 is 2.21 bits per heavy atom. The van der Waals surface area contributed by atoms with Crippen LogP contribution in [0, 0.1) is 6.92 Å². The molecular formula is C8H9BrN2O3. The molecule has 0 aromatic carbocycles. The van der Waals surface area contributed by atoms with Gasteiger partial charge in [-0.15, -0.1) is 0 Å². The quantitative estimate of drug-likeness (QED) is 0.841. The number of ether oxygens (including phenoxy) is 1. The van der Waals surface area contributed by atoms with Crippen LogP contribution in [0.1, 0.15) is 16.2 Å². The van der Waals surface area contributed by atoms with Crippen molar-refractivity contribution in [2.45, 2.75) is 6.92 Å². The van der Waals surface area contributed by atoms with E-state index in [9.17, 15) is 4.79 Å². The maximum Gasteiger partial charge on any atom is 0.358 e. The lowest BCUT2D eigenvalue weighted by Crippen LogP contribution is -2.08. The molecule has 1 rings (SSSR count). The zero-order valence-corrected chi connectivity index (χ0v) is 9.25. The van der Waals surface area contributed by atoms with Crippen LogP contribution in [0.25, 0.3) is 0 Å². The number of hydrogen-bond acceptors (Lipinski definition) is 4. The summed E-state index contributed by atoms with van der Waals surface area (Å²) in [5.41, 5.74) is 6.24. The van der Waals surface area contributed by atoms with Crippen molar-refractivity contribution < 1.29 is 14.6 Å². The molecule has 0 aliphatic heterocycles. The van der Waals surface area contributed by atoms with Gasteiger partial charge in [-0.1, -0.05) is 0 Å². The Balaban J connectivity index is 3.51. The van der Waals surface area contributed by atoms with E-state index in [0.717, 1.165) is 0 Å². The minimum atomic E-state index is -1.16. The molecule has 0 unspecified atom stereocenters. The van der Waals surface area contributed by atoms with Gasteiger partial charge in [-0.25, -0.2) is 9.78 Å². The average Bonchev–Trinajstić information content (AvgIpc) is 2.13. The first-order chi connectivity index (χ1) is 6.49. The maximum absolute atomic E-state index is 10.8. The molecule has 0 spiro atoms. The van der Waals surface area contributed by atoms with E-state index in [0.29, 0.717) is 10.2 Å². The number of carboxylic acids is 1. The fourth-order valence-corrected chi connectivity index (χ4v) is 1.31. The summed E-state index contributed by atoms with van der Waals surface area (Å²) in [6.07, 6.45) is 0. The largest absolute Gasteiger partial charge is 0.492 e. The number of nitrogens with two attached hydrogens (primary N) is 1. The van der Waals surface area contributed by atoms with Crippen molar-refractivity contribution in [1.29, 1.82) is 0 Å². The maximum atomic E-state index is 10.8. The van der Waals surface area contributed by atoms with Crippen LogP contribution in [0.5, 0.6) is 5.75 Å².